The van der Waals surface area contributed by atoms with Crippen molar-refractivity contribution in [3.05, 3.63) is 71.3 Å². The number of aromatic nitrogens is 3. The molecule has 0 bridgehead atoms. The van der Waals surface area contributed by atoms with Crippen molar-refractivity contribution in [2.45, 2.75) is 26.2 Å². The van der Waals surface area contributed by atoms with E-state index in [4.69, 9.17) is 5.73 Å². The Balaban J connectivity index is 1.95. The van der Waals surface area contributed by atoms with Crippen LogP contribution in [0, 0.1) is 5.82 Å². The first-order chi connectivity index (χ1) is 11.8. The second kappa shape index (κ2) is 6.12. The fourth-order valence-corrected chi connectivity index (χ4v) is 2.47. The van der Waals surface area contributed by atoms with Crippen molar-refractivity contribution >= 4 is 11.5 Å². The van der Waals surface area contributed by atoms with E-state index in [1.807, 2.05) is 24.3 Å². The largest absolute Gasteiger partial charge is 0.398 e. The lowest BCUT2D eigenvalue weighted by atomic mass is 9.87. The Morgan fingerprint density at radius 1 is 1.16 bits per heavy atom. The average Bonchev–Trinajstić information content (AvgIpc) is 3.06. The van der Waals surface area contributed by atoms with E-state index in [0.29, 0.717) is 0 Å². The van der Waals surface area contributed by atoms with Crippen molar-refractivity contribution in [1.82, 2.24) is 15.0 Å². The molecule has 1 aromatic heterocycles. The van der Waals surface area contributed by atoms with Gasteiger partial charge in [-0.3, -0.25) is 4.79 Å². The first-order valence-electron chi connectivity index (χ1n) is 7.89. The van der Waals surface area contributed by atoms with Crippen LogP contribution in [0.2, 0.25) is 0 Å². The number of nitrogen functional groups attached to an aromatic ring is 1. The van der Waals surface area contributed by atoms with Gasteiger partial charge in [-0.1, -0.05) is 38.1 Å². The zero-order valence-corrected chi connectivity index (χ0v) is 14.3. The minimum absolute atomic E-state index is 0.00867. The van der Waals surface area contributed by atoms with Gasteiger partial charge in [-0.25, -0.2) is 9.07 Å². The second-order valence-electron chi connectivity index (χ2n) is 6.91. The van der Waals surface area contributed by atoms with Crippen LogP contribution >= 0.6 is 0 Å². The molecule has 0 atom stereocenters. The molecule has 25 heavy (non-hydrogen) atoms. The van der Waals surface area contributed by atoms with Crippen LogP contribution in [0.15, 0.2) is 48.7 Å². The molecular weight excluding hydrogens is 319 g/mol. The van der Waals surface area contributed by atoms with Gasteiger partial charge in [0, 0.05) is 5.69 Å². The van der Waals surface area contributed by atoms with Gasteiger partial charge in [-0.15, -0.1) is 5.10 Å². The number of rotatable bonds is 3. The van der Waals surface area contributed by atoms with Crippen LogP contribution in [0.3, 0.4) is 0 Å². The van der Waals surface area contributed by atoms with Crippen molar-refractivity contribution in [3.8, 4) is 5.69 Å². The van der Waals surface area contributed by atoms with Crippen molar-refractivity contribution in [2.24, 2.45) is 0 Å². The van der Waals surface area contributed by atoms with E-state index in [2.05, 4.69) is 31.1 Å². The highest BCUT2D eigenvalue weighted by atomic mass is 19.1. The summed E-state index contributed by atoms with van der Waals surface area (Å²) < 4.78 is 14.9. The molecule has 6 heteroatoms. The van der Waals surface area contributed by atoms with E-state index in [-0.39, 0.29) is 22.4 Å². The molecule has 1 heterocycles. The van der Waals surface area contributed by atoms with E-state index in [9.17, 15) is 9.18 Å². The molecule has 0 aliphatic heterocycles. The lowest BCUT2D eigenvalue weighted by molar-refractivity contribution is 0.103. The molecule has 128 valence electrons. The predicted molar refractivity (Wildman–Crippen MR) is 94.3 cm³/mol. The molecular formula is C19H19FN4O. The normalized spacial score (nSPS) is 11.5. The quantitative estimate of drug-likeness (QED) is 0.586. The monoisotopic (exact) mass is 338 g/mol. The Morgan fingerprint density at radius 3 is 2.64 bits per heavy atom. The Morgan fingerprint density at radius 2 is 1.92 bits per heavy atom. The van der Waals surface area contributed by atoms with Crippen molar-refractivity contribution in [2.75, 3.05) is 5.73 Å². The van der Waals surface area contributed by atoms with Gasteiger partial charge in [0.1, 0.15) is 5.82 Å². The minimum atomic E-state index is -0.525. The van der Waals surface area contributed by atoms with E-state index in [0.717, 1.165) is 17.3 Å². The summed E-state index contributed by atoms with van der Waals surface area (Å²) in [7, 11) is 0. The topological polar surface area (TPSA) is 73.8 Å². The number of nitrogens with zero attached hydrogens (tertiary/aromatic N) is 3. The lowest BCUT2D eigenvalue weighted by Crippen LogP contribution is -2.11. The minimum Gasteiger partial charge on any atom is -0.398 e. The van der Waals surface area contributed by atoms with Crippen LogP contribution in [0.4, 0.5) is 10.1 Å². The molecule has 0 aliphatic carbocycles. The maximum Gasteiger partial charge on any atom is 0.217 e. The first-order valence-corrected chi connectivity index (χ1v) is 7.89. The zero-order chi connectivity index (χ0) is 18.2. The highest BCUT2D eigenvalue weighted by Crippen LogP contribution is 2.24. The number of benzene rings is 2. The molecule has 0 unspecified atom stereocenters. The summed E-state index contributed by atoms with van der Waals surface area (Å²) in [6.45, 7) is 6.36. The molecule has 2 aromatic carbocycles. The summed E-state index contributed by atoms with van der Waals surface area (Å²) >= 11 is 0. The Kier molecular flexibility index (Phi) is 4.12. The van der Waals surface area contributed by atoms with E-state index in [1.54, 1.807) is 0 Å². The van der Waals surface area contributed by atoms with Crippen molar-refractivity contribution < 1.29 is 9.18 Å². The number of ketones is 1. The SMILES string of the molecule is CC(C)(C)c1cccc(-n2cc(C(=O)c3cc(F)ccc3N)nn2)c1. The van der Waals surface area contributed by atoms with Crippen LogP contribution < -0.4 is 5.73 Å². The van der Waals surface area contributed by atoms with Crippen molar-refractivity contribution in [3.63, 3.8) is 0 Å². The zero-order valence-electron chi connectivity index (χ0n) is 14.3. The third-order valence-corrected chi connectivity index (χ3v) is 3.96. The van der Waals surface area contributed by atoms with E-state index >= 15 is 0 Å². The fraction of sp³-hybridized carbons (Fsp3) is 0.211. The summed E-state index contributed by atoms with van der Waals surface area (Å²) in [5, 5.41) is 7.94. The number of halogens is 1. The van der Waals surface area contributed by atoms with Gasteiger partial charge in [-0.05, 0) is 41.3 Å². The van der Waals surface area contributed by atoms with E-state index in [1.165, 1.54) is 23.0 Å². The summed E-state index contributed by atoms with van der Waals surface area (Å²) in [6.07, 6.45) is 1.52. The van der Waals surface area contributed by atoms with Crippen LogP contribution in [0.1, 0.15) is 42.4 Å². The number of nitrogens with two attached hydrogens (primary N) is 1. The first kappa shape index (κ1) is 16.8. The smallest absolute Gasteiger partial charge is 0.217 e. The summed E-state index contributed by atoms with van der Waals surface area (Å²) in [6, 6.07) is 11.5. The Bertz CT molecular complexity index is 941. The molecule has 0 fully saturated rings. The van der Waals surface area contributed by atoms with Crippen LogP contribution in [-0.4, -0.2) is 20.8 Å². The van der Waals surface area contributed by atoms with Crippen LogP contribution in [0.25, 0.3) is 5.69 Å². The van der Waals surface area contributed by atoms with Crippen LogP contribution in [0.5, 0.6) is 0 Å². The molecule has 0 radical (unpaired) electrons. The number of carbonyl (C=O) groups is 1. The molecule has 0 aliphatic rings. The maximum absolute atomic E-state index is 13.4. The maximum atomic E-state index is 13.4. The number of hydrogen-bond donors (Lipinski definition) is 1. The molecule has 0 amide bonds. The Labute approximate surface area is 145 Å². The van der Waals surface area contributed by atoms with Gasteiger partial charge in [0.15, 0.2) is 5.69 Å². The summed E-state index contributed by atoms with van der Waals surface area (Å²) in [4.78, 5) is 12.5. The third-order valence-electron chi connectivity index (χ3n) is 3.96. The third kappa shape index (κ3) is 3.42. The Hall–Kier alpha value is -3.02. The average molecular weight is 338 g/mol. The van der Waals surface area contributed by atoms with Gasteiger partial charge in [0.05, 0.1) is 17.4 Å². The molecule has 0 saturated heterocycles. The standard InChI is InChI=1S/C19H19FN4O/c1-19(2,3)12-5-4-6-14(9-12)24-11-17(22-23-24)18(25)15-10-13(20)7-8-16(15)21/h4-11H,21H2,1-3H3. The highest BCUT2D eigenvalue weighted by molar-refractivity contribution is 6.10. The van der Waals surface area contributed by atoms with Crippen molar-refractivity contribution in [1.29, 1.82) is 0 Å². The number of hydrogen-bond acceptors (Lipinski definition) is 4. The molecule has 2 N–H and O–H groups in total. The second-order valence-corrected chi connectivity index (χ2v) is 6.91. The molecule has 0 saturated carbocycles. The molecule has 0 spiro atoms. The molecule has 3 aromatic rings. The number of carbonyl (C=O) groups excluding carboxylic acids is 1. The predicted octanol–water partition coefficient (Wildman–Crippen LogP) is 3.52. The fourth-order valence-electron chi connectivity index (χ4n) is 2.47. The van der Waals surface area contributed by atoms with Crippen LogP contribution in [-0.2, 0) is 5.41 Å². The highest BCUT2D eigenvalue weighted by Gasteiger charge is 2.18. The number of anilines is 1. The van der Waals surface area contributed by atoms with Gasteiger partial charge < -0.3 is 5.73 Å². The van der Waals surface area contributed by atoms with Gasteiger partial charge in [0.2, 0.25) is 5.78 Å². The van der Waals surface area contributed by atoms with Gasteiger partial charge >= 0.3 is 0 Å². The molecule has 5 nitrogen and oxygen atoms in total. The summed E-state index contributed by atoms with van der Waals surface area (Å²) in [5.41, 5.74) is 8.09. The summed E-state index contributed by atoms with van der Waals surface area (Å²) in [5.74, 6) is -0.988. The lowest BCUT2D eigenvalue weighted by Gasteiger charge is -2.19. The van der Waals surface area contributed by atoms with E-state index < -0.39 is 11.6 Å². The van der Waals surface area contributed by atoms with Gasteiger partial charge in [0.25, 0.3) is 0 Å². The van der Waals surface area contributed by atoms with Gasteiger partial charge in [-0.2, -0.15) is 0 Å². The molecule has 3 rings (SSSR count).